The van der Waals surface area contributed by atoms with Gasteiger partial charge in [0.1, 0.15) is 0 Å². The fourth-order valence-electron chi connectivity index (χ4n) is 4.44. The molecule has 0 saturated carbocycles. The second-order valence-electron chi connectivity index (χ2n) is 7.55. The van der Waals surface area contributed by atoms with Crippen molar-refractivity contribution in [3.05, 3.63) is 84.1 Å². The van der Waals surface area contributed by atoms with E-state index < -0.39 is 5.54 Å². The minimum Gasteiger partial charge on any atom is -0.405 e. The van der Waals surface area contributed by atoms with Crippen LogP contribution in [0.15, 0.2) is 77.9 Å². The molecule has 5 heteroatoms. The molecule has 2 aliphatic rings. The van der Waals surface area contributed by atoms with E-state index in [0.29, 0.717) is 18.7 Å². The maximum atomic E-state index is 13.2. The standard InChI is InChI=1S/C24H20N2O3/c1-16(27)26-15-19(18-11-5-6-13-21(18)26)20-12-7-8-14-24(20)23(28)29-22(25-24)17-9-3-2-4-10-17/h2-11,13,15,20H,12,14H2,1H3/t20-,24-/m1/s1. The molecule has 2 aromatic carbocycles. The molecule has 1 aliphatic heterocycles. The summed E-state index contributed by atoms with van der Waals surface area (Å²) in [6, 6.07) is 17.3. The lowest BCUT2D eigenvalue weighted by Crippen LogP contribution is -2.41. The maximum absolute atomic E-state index is 13.2. The minimum absolute atomic E-state index is 0.0599. The lowest BCUT2D eigenvalue weighted by molar-refractivity contribution is -0.139. The molecule has 0 bridgehead atoms. The number of aromatic nitrogens is 1. The van der Waals surface area contributed by atoms with Crippen LogP contribution in [0.4, 0.5) is 0 Å². The number of aliphatic imine (C=N–C) groups is 1. The van der Waals surface area contributed by atoms with Crippen molar-refractivity contribution in [2.24, 2.45) is 4.99 Å². The predicted molar refractivity (Wildman–Crippen MR) is 111 cm³/mol. The number of nitrogens with zero attached hydrogens (tertiary/aromatic N) is 2. The van der Waals surface area contributed by atoms with Crippen LogP contribution >= 0.6 is 0 Å². The van der Waals surface area contributed by atoms with Crippen LogP contribution in [0.3, 0.4) is 0 Å². The van der Waals surface area contributed by atoms with Crippen molar-refractivity contribution in [1.82, 2.24) is 4.57 Å². The molecule has 0 saturated heterocycles. The van der Waals surface area contributed by atoms with E-state index in [1.54, 1.807) is 11.5 Å². The van der Waals surface area contributed by atoms with E-state index in [4.69, 9.17) is 9.73 Å². The van der Waals surface area contributed by atoms with Crippen molar-refractivity contribution in [3.8, 4) is 0 Å². The first kappa shape index (κ1) is 17.6. The summed E-state index contributed by atoms with van der Waals surface area (Å²) in [6.07, 6.45) is 7.08. The number of para-hydroxylation sites is 1. The van der Waals surface area contributed by atoms with E-state index in [2.05, 4.69) is 6.08 Å². The van der Waals surface area contributed by atoms with Gasteiger partial charge in [0.05, 0.1) is 5.52 Å². The van der Waals surface area contributed by atoms with Crippen molar-refractivity contribution >= 4 is 28.7 Å². The first-order chi connectivity index (χ1) is 14.1. The van der Waals surface area contributed by atoms with Crippen molar-refractivity contribution in [2.45, 2.75) is 31.2 Å². The molecule has 5 rings (SSSR count). The molecule has 0 fully saturated rings. The van der Waals surface area contributed by atoms with Gasteiger partial charge in [0.15, 0.2) is 5.54 Å². The summed E-state index contributed by atoms with van der Waals surface area (Å²) in [7, 11) is 0. The fraction of sp³-hybridized carbons (Fsp3) is 0.208. The molecule has 1 aromatic heterocycles. The summed E-state index contributed by atoms with van der Waals surface area (Å²) in [6.45, 7) is 1.54. The fourth-order valence-corrected chi connectivity index (χ4v) is 4.44. The highest BCUT2D eigenvalue weighted by Gasteiger charge is 2.53. The van der Waals surface area contributed by atoms with Crippen molar-refractivity contribution in [3.63, 3.8) is 0 Å². The van der Waals surface area contributed by atoms with Crippen LogP contribution in [0.5, 0.6) is 0 Å². The van der Waals surface area contributed by atoms with E-state index in [-0.39, 0.29) is 17.8 Å². The summed E-state index contributed by atoms with van der Waals surface area (Å²) < 4.78 is 7.31. The molecule has 0 amide bonds. The number of cyclic esters (lactones) is 1. The Bertz CT molecular complexity index is 1190. The summed E-state index contributed by atoms with van der Waals surface area (Å²) in [4.78, 5) is 30.2. The third kappa shape index (κ3) is 2.65. The zero-order valence-electron chi connectivity index (χ0n) is 16.0. The number of esters is 1. The Balaban J connectivity index is 1.69. The van der Waals surface area contributed by atoms with E-state index in [9.17, 15) is 9.59 Å². The third-order valence-corrected chi connectivity index (χ3v) is 5.87. The molecule has 2 atom stereocenters. The Morgan fingerprint density at radius 1 is 1.10 bits per heavy atom. The highest BCUT2D eigenvalue weighted by Crippen LogP contribution is 2.47. The lowest BCUT2D eigenvalue weighted by atomic mass is 9.73. The molecule has 1 aliphatic carbocycles. The minimum atomic E-state index is -1.01. The molecule has 1 spiro atoms. The number of hydrogen-bond acceptors (Lipinski definition) is 4. The molecule has 3 aromatic rings. The van der Waals surface area contributed by atoms with Gasteiger partial charge in [-0.25, -0.2) is 9.79 Å². The van der Waals surface area contributed by atoms with Crippen LogP contribution in [0, 0.1) is 0 Å². The van der Waals surface area contributed by atoms with Gasteiger partial charge in [-0.1, -0.05) is 48.6 Å². The monoisotopic (exact) mass is 384 g/mol. The van der Waals surface area contributed by atoms with Crippen molar-refractivity contribution < 1.29 is 14.3 Å². The Labute approximate surface area is 168 Å². The Morgan fingerprint density at radius 3 is 2.66 bits per heavy atom. The molecule has 0 radical (unpaired) electrons. The van der Waals surface area contributed by atoms with E-state index in [1.807, 2.05) is 66.9 Å². The summed E-state index contributed by atoms with van der Waals surface area (Å²) in [5, 5.41) is 0.971. The Kier molecular flexibility index (Phi) is 3.98. The normalized spacial score (nSPS) is 23.4. The largest absolute Gasteiger partial charge is 0.405 e. The number of benzene rings is 2. The quantitative estimate of drug-likeness (QED) is 0.484. The zero-order valence-corrected chi connectivity index (χ0v) is 16.0. The number of rotatable bonds is 2. The van der Waals surface area contributed by atoms with Crippen LogP contribution in [0.1, 0.15) is 41.6 Å². The number of carbonyl (C=O) groups is 2. The highest BCUT2D eigenvalue weighted by atomic mass is 16.6. The molecule has 29 heavy (non-hydrogen) atoms. The molecule has 0 N–H and O–H groups in total. The van der Waals surface area contributed by atoms with E-state index in [1.165, 1.54) is 0 Å². The van der Waals surface area contributed by atoms with Gasteiger partial charge in [0, 0.05) is 36.4 Å². The zero-order chi connectivity index (χ0) is 20.0. The molecule has 0 unspecified atom stereocenters. The first-order valence-electron chi connectivity index (χ1n) is 9.73. The Hall–Kier alpha value is -3.47. The van der Waals surface area contributed by atoms with E-state index >= 15 is 0 Å². The van der Waals surface area contributed by atoms with Gasteiger partial charge < -0.3 is 4.74 Å². The molecule has 2 heterocycles. The second kappa shape index (κ2) is 6.55. The van der Waals surface area contributed by atoms with Crippen molar-refractivity contribution in [2.75, 3.05) is 0 Å². The molecule has 144 valence electrons. The van der Waals surface area contributed by atoms with Gasteiger partial charge in [0.25, 0.3) is 0 Å². The van der Waals surface area contributed by atoms with Gasteiger partial charge in [0.2, 0.25) is 11.8 Å². The van der Waals surface area contributed by atoms with Crippen LogP contribution in [-0.4, -0.2) is 27.9 Å². The molecular formula is C24H20N2O3. The van der Waals surface area contributed by atoms with Crippen LogP contribution in [-0.2, 0) is 9.53 Å². The average molecular weight is 384 g/mol. The van der Waals surface area contributed by atoms with Gasteiger partial charge >= 0.3 is 5.97 Å². The lowest BCUT2D eigenvalue weighted by Gasteiger charge is -2.32. The summed E-state index contributed by atoms with van der Waals surface area (Å²) in [5.74, 6) is -0.224. The van der Waals surface area contributed by atoms with Crippen LogP contribution in [0.2, 0.25) is 0 Å². The van der Waals surface area contributed by atoms with Crippen LogP contribution < -0.4 is 0 Å². The Morgan fingerprint density at radius 2 is 1.86 bits per heavy atom. The van der Waals surface area contributed by atoms with Gasteiger partial charge in [-0.05, 0) is 30.2 Å². The highest BCUT2D eigenvalue weighted by molar-refractivity contribution is 6.09. The molecule has 5 nitrogen and oxygen atoms in total. The number of ether oxygens (including phenoxy) is 1. The molecular weight excluding hydrogens is 364 g/mol. The third-order valence-electron chi connectivity index (χ3n) is 5.87. The van der Waals surface area contributed by atoms with Crippen molar-refractivity contribution in [1.29, 1.82) is 0 Å². The number of allylic oxidation sites excluding steroid dienone is 1. The first-order valence-corrected chi connectivity index (χ1v) is 9.73. The summed E-state index contributed by atoms with van der Waals surface area (Å²) in [5.41, 5.74) is 1.58. The smallest absolute Gasteiger partial charge is 0.341 e. The average Bonchev–Trinajstić information content (AvgIpc) is 3.28. The predicted octanol–water partition coefficient (Wildman–Crippen LogP) is 4.48. The topological polar surface area (TPSA) is 60.7 Å². The van der Waals surface area contributed by atoms with Gasteiger partial charge in [-0.3, -0.25) is 9.36 Å². The summed E-state index contributed by atoms with van der Waals surface area (Å²) >= 11 is 0. The second-order valence-corrected chi connectivity index (χ2v) is 7.55. The van der Waals surface area contributed by atoms with Gasteiger partial charge in [-0.15, -0.1) is 0 Å². The number of hydrogen-bond donors (Lipinski definition) is 0. The van der Waals surface area contributed by atoms with Crippen LogP contribution in [0.25, 0.3) is 10.9 Å². The SMILES string of the molecule is CC(=O)n1cc([C@H]2CC=CC[C@@]23N=C(c2ccccc2)OC3=O)c2ccccc21. The number of fused-ring (bicyclic) bond motifs is 1. The maximum Gasteiger partial charge on any atom is 0.341 e. The van der Waals surface area contributed by atoms with Gasteiger partial charge in [-0.2, -0.15) is 0 Å². The van der Waals surface area contributed by atoms with E-state index in [0.717, 1.165) is 22.0 Å². The number of carbonyl (C=O) groups excluding carboxylic acids is 2.